The first-order valence-electron chi connectivity index (χ1n) is 7.96. The zero-order chi connectivity index (χ0) is 14.5. The molecule has 3 rings (SSSR count). The monoisotopic (exact) mass is 291 g/mol. The molecule has 2 aliphatic rings. The van der Waals surface area contributed by atoms with Gasteiger partial charge in [0.25, 0.3) is 0 Å². The smallest absolute Gasteiger partial charge is 0.225 e. The molecule has 2 N–H and O–H groups in total. The number of anilines is 1. The zero-order valence-corrected chi connectivity index (χ0v) is 12.5. The van der Waals surface area contributed by atoms with Crippen molar-refractivity contribution in [2.75, 3.05) is 50.7 Å². The highest BCUT2D eigenvalue weighted by atomic mass is 16.3. The van der Waals surface area contributed by atoms with Crippen molar-refractivity contribution in [1.82, 2.24) is 20.2 Å². The van der Waals surface area contributed by atoms with Gasteiger partial charge in [0.15, 0.2) is 0 Å². The average molecular weight is 291 g/mol. The summed E-state index contributed by atoms with van der Waals surface area (Å²) >= 11 is 0. The van der Waals surface area contributed by atoms with Crippen LogP contribution in [0.5, 0.6) is 0 Å². The molecule has 1 aromatic heterocycles. The Bertz CT molecular complexity index is 415. The second-order valence-corrected chi connectivity index (χ2v) is 5.99. The molecule has 0 radical (unpaired) electrons. The number of aromatic nitrogens is 2. The molecule has 2 saturated heterocycles. The summed E-state index contributed by atoms with van der Waals surface area (Å²) < 4.78 is 0. The predicted octanol–water partition coefficient (Wildman–Crippen LogP) is -0.0409. The highest BCUT2D eigenvalue weighted by molar-refractivity contribution is 5.29. The second kappa shape index (κ2) is 7.15. The molecule has 0 aromatic carbocycles. The van der Waals surface area contributed by atoms with Gasteiger partial charge in [0.05, 0.1) is 6.10 Å². The van der Waals surface area contributed by atoms with E-state index in [1.807, 2.05) is 6.07 Å². The lowest BCUT2D eigenvalue weighted by Crippen LogP contribution is -2.50. The minimum atomic E-state index is -0.188. The van der Waals surface area contributed by atoms with Crippen molar-refractivity contribution >= 4 is 5.95 Å². The van der Waals surface area contributed by atoms with Crippen LogP contribution in [0.4, 0.5) is 5.95 Å². The molecular weight excluding hydrogens is 266 g/mol. The number of nitrogens with one attached hydrogen (secondary N) is 1. The second-order valence-electron chi connectivity index (χ2n) is 5.99. The lowest BCUT2D eigenvalue weighted by atomic mass is 9.92. The van der Waals surface area contributed by atoms with E-state index in [0.29, 0.717) is 5.92 Å². The molecule has 1 aromatic rings. The number of piperazine rings is 1. The number of nitrogens with zero attached hydrogens (tertiary/aromatic N) is 4. The van der Waals surface area contributed by atoms with Crippen molar-refractivity contribution in [3.05, 3.63) is 18.5 Å². The molecule has 6 nitrogen and oxygen atoms in total. The molecule has 0 amide bonds. The van der Waals surface area contributed by atoms with Crippen LogP contribution >= 0.6 is 0 Å². The first kappa shape index (κ1) is 14.7. The first-order chi connectivity index (χ1) is 10.3. The molecule has 1 atom stereocenters. The summed E-state index contributed by atoms with van der Waals surface area (Å²) in [6.07, 6.45) is 5.58. The van der Waals surface area contributed by atoms with Gasteiger partial charge in [0.2, 0.25) is 5.95 Å². The molecule has 6 heteroatoms. The molecule has 21 heavy (non-hydrogen) atoms. The lowest BCUT2D eigenvalue weighted by Gasteiger charge is -2.37. The number of hydrogen-bond acceptors (Lipinski definition) is 6. The third kappa shape index (κ3) is 3.90. The molecule has 2 fully saturated rings. The Labute approximate surface area is 126 Å². The van der Waals surface area contributed by atoms with Gasteiger partial charge in [0.1, 0.15) is 0 Å². The Kier molecular flexibility index (Phi) is 5.00. The third-order valence-corrected chi connectivity index (χ3v) is 4.58. The van der Waals surface area contributed by atoms with Gasteiger partial charge in [-0.15, -0.1) is 0 Å². The van der Waals surface area contributed by atoms with Crippen LogP contribution in [0.3, 0.4) is 0 Å². The number of piperidine rings is 1. The number of β-amino-alcohol motifs (C(OH)–C–C–N with tert-alkyl or cyclic N) is 1. The van der Waals surface area contributed by atoms with Crippen molar-refractivity contribution in [3.63, 3.8) is 0 Å². The van der Waals surface area contributed by atoms with E-state index in [9.17, 15) is 5.11 Å². The van der Waals surface area contributed by atoms with Crippen LogP contribution in [0, 0.1) is 5.92 Å². The largest absolute Gasteiger partial charge is 0.392 e. The standard InChI is InChI=1S/C15H25N5O/c21-14(13-2-6-16-7-3-13)12-19-8-10-20(11-9-19)15-17-4-1-5-18-15/h1,4-5,13-14,16,21H,2-3,6-12H2. The van der Waals surface area contributed by atoms with Gasteiger partial charge >= 0.3 is 0 Å². The summed E-state index contributed by atoms with van der Waals surface area (Å²) in [5.74, 6) is 1.28. The van der Waals surface area contributed by atoms with E-state index in [1.54, 1.807) is 12.4 Å². The van der Waals surface area contributed by atoms with Gasteiger partial charge in [-0.1, -0.05) is 0 Å². The normalized spacial score (nSPS) is 23.2. The fourth-order valence-corrected chi connectivity index (χ4v) is 3.23. The Balaban J connectivity index is 1.45. The average Bonchev–Trinajstić information content (AvgIpc) is 2.57. The van der Waals surface area contributed by atoms with Crippen molar-refractivity contribution in [3.8, 4) is 0 Å². The van der Waals surface area contributed by atoms with E-state index in [1.165, 1.54) is 0 Å². The Hall–Kier alpha value is -1.24. The Morgan fingerprint density at radius 2 is 1.81 bits per heavy atom. The number of aliphatic hydroxyl groups excluding tert-OH is 1. The van der Waals surface area contributed by atoms with E-state index in [0.717, 1.165) is 64.6 Å². The molecule has 2 aliphatic heterocycles. The number of rotatable bonds is 4. The summed E-state index contributed by atoms with van der Waals surface area (Å²) in [5, 5.41) is 13.8. The van der Waals surface area contributed by atoms with Crippen molar-refractivity contribution in [2.24, 2.45) is 5.92 Å². The lowest BCUT2D eigenvalue weighted by molar-refractivity contribution is 0.0487. The van der Waals surface area contributed by atoms with Crippen molar-refractivity contribution in [1.29, 1.82) is 0 Å². The van der Waals surface area contributed by atoms with E-state index < -0.39 is 0 Å². The fraction of sp³-hybridized carbons (Fsp3) is 0.733. The predicted molar refractivity (Wildman–Crippen MR) is 82.3 cm³/mol. The highest BCUT2D eigenvalue weighted by Gasteiger charge is 2.25. The van der Waals surface area contributed by atoms with Gasteiger partial charge in [0, 0.05) is 45.1 Å². The summed E-state index contributed by atoms with van der Waals surface area (Å²) in [6.45, 7) is 6.70. The molecule has 0 spiro atoms. The molecule has 1 unspecified atom stereocenters. The molecule has 3 heterocycles. The minimum absolute atomic E-state index is 0.188. The van der Waals surface area contributed by atoms with E-state index in [2.05, 4.69) is 25.1 Å². The van der Waals surface area contributed by atoms with Crippen LogP contribution in [-0.2, 0) is 0 Å². The topological polar surface area (TPSA) is 64.5 Å². The third-order valence-electron chi connectivity index (χ3n) is 4.58. The maximum atomic E-state index is 10.4. The van der Waals surface area contributed by atoms with Gasteiger partial charge < -0.3 is 15.3 Å². The maximum absolute atomic E-state index is 10.4. The van der Waals surface area contributed by atoms with Crippen LogP contribution in [0.1, 0.15) is 12.8 Å². The SMILES string of the molecule is OC(CN1CCN(c2ncccn2)CC1)C1CCNCC1. The van der Waals surface area contributed by atoms with Crippen LogP contribution < -0.4 is 10.2 Å². The summed E-state index contributed by atoms with van der Waals surface area (Å²) in [5.41, 5.74) is 0. The van der Waals surface area contributed by atoms with Crippen LogP contribution in [0.25, 0.3) is 0 Å². The highest BCUT2D eigenvalue weighted by Crippen LogP contribution is 2.18. The Morgan fingerprint density at radius 1 is 1.14 bits per heavy atom. The fourth-order valence-electron chi connectivity index (χ4n) is 3.23. The van der Waals surface area contributed by atoms with E-state index >= 15 is 0 Å². The summed E-state index contributed by atoms with van der Waals surface area (Å²) in [6, 6.07) is 1.84. The van der Waals surface area contributed by atoms with Crippen molar-refractivity contribution in [2.45, 2.75) is 18.9 Å². The van der Waals surface area contributed by atoms with Gasteiger partial charge in [-0.3, -0.25) is 4.90 Å². The maximum Gasteiger partial charge on any atom is 0.225 e. The zero-order valence-electron chi connectivity index (χ0n) is 12.5. The van der Waals surface area contributed by atoms with Crippen LogP contribution in [0.15, 0.2) is 18.5 Å². The summed E-state index contributed by atoms with van der Waals surface area (Å²) in [4.78, 5) is 13.2. The number of aliphatic hydroxyl groups is 1. The minimum Gasteiger partial charge on any atom is -0.392 e. The molecular formula is C15H25N5O. The molecule has 0 aliphatic carbocycles. The molecule has 0 bridgehead atoms. The van der Waals surface area contributed by atoms with Crippen molar-refractivity contribution < 1.29 is 5.11 Å². The van der Waals surface area contributed by atoms with Crippen LogP contribution in [-0.4, -0.2) is 71.9 Å². The quantitative estimate of drug-likeness (QED) is 0.811. The Morgan fingerprint density at radius 3 is 2.48 bits per heavy atom. The van der Waals surface area contributed by atoms with Gasteiger partial charge in [-0.2, -0.15) is 0 Å². The summed E-state index contributed by atoms with van der Waals surface area (Å²) in [7, 11) is 0. The van der Waals surface area contributed by atoms with Crippen LogP contribution in [0.2, 0.25) is 0 Å². The number of hydrogen-bond donors (Lipinski definition) is 2. The van der Waals surface area contributed by atoms with Gasteiger partial charge in [-0.25, -0.2) is 9.97 Å². The van der Waals surface area contributed by atoms with Gasteiger partial charge in [-0.05, 0) is 37.9 Å². The molecule has 0 saturated carbocycles. The van der Waals surface area contributed by atoms with E-state index in [4.69, 9.17) is 0 Å². The first-order valence-corrected chi connectivity index (χ1v) is 7.96. The molecule has 116 valence electrons. The van der Waals surface area contributed by atoms with E-state index in [-0.39, 0.29) is 6.10 Å².